The number of nitrogen functional groups attached to an aromatic ring is 1. The van der Waals surface area contributed by atoms with E-state index in [1.807, 2.05) is 0 Å². The Balaban J connectivity index is 1.35. The molecule has 11 heteroatoms. The van der Waals surface area contributed by atoms with Crippen LogP contribution in [0.25, 0.3) is 22.0 Å². The van der Waals surface area contributed by atoms with Crippen LogP contribution < -0.4 is 20.7 Å². The largest absolute Gasteiger partial charge is 0.461 e. The van der Waals surface area contributed by atoms with Gasteiger partial charge in [-0.25, -0.2) is 13.2 Å². The van der Waals surface area contributed by atoms with Crippen LogP contribution in [-0.4, -0.2) is 65.3 Å². The minimum atomic E-state index is -1.07. The molecule has 3 aromatic rings. The summed E-state index contributed by atoms with van der Waals surface area (Å²) in [5.41, 5.74) is 4.38. The van der Waals surface area contributed by atoms with E-state index in [1.54, 1.807) is 6.07 Å². The van der Waals surface area contributed by atoms with Crippen molar-refractivity contribution in [2.45, 2.75) is 56.1 Å². The Bertz CT molecular complexity index is 1450. The van der Waals surface area contributed by atoms with Crippen LogP contribution in [0.5, 0.6) is 6.01 Å². The van der Waals surface area contributed by atoms with Crippen molar-refractivity contribution in [3.63, 3.8) is 0 Å². The second kappa shape index (κ2) is 9.38. The van der Waals surface area contributed by atoms with Crippen LogP contribution in [0.3, 0.4) is 0 Å². The van der Waals surface area contributed by atoms with Gasteiger partial charge in [-0.05, 0) is 69.8 Å². The van der Waals surface area contributed by atoms with Gasteiger partial charge < -0.3 is 20.7 Å². The third-order valence-electron chi connectivity index (χ3n) is 9.04. The molecule has 0 spiro atoms. The highest BCUT2D eigenvalue weighted by Crippen LogP contribution is 2.42. The van der Waals surface area contributed by atoms with Crippen LogP contribution in [0.2, 0.25) is 5.02 Å². The highest BCUT2D eigenvalue weighted by atomic mass is 35.5. The van der Waals surface area contributed by atoms with Gasteiger partial charge in [-0.1, -0.05) is 11.6 Å². The smallest absolute Gasteiger partial charge is 0.319 e. The molecule has 206 valence electrons. The molecule has 4 aliphatic heterocycles. The molecule has 4 aliphatic rings. The lowest BCUT2D eigenvalue weighted by Crippen LogP contribution is -2.51. The van der Waals surface area contributed by atoms with Crippen LogP contribution in [-0.2, 0) is 0 Å². The van der Waals surface area contributed by atoms with Crippen molar-refractivity contribution >= 4 is 34.0 Å². The van der Waals surface area contributed by atoms with Crippen LogP contribution in [0.1, 0.15) is 38.5 Å². The molecule has 2 bridgehead atoms. The first kappa shape index (κ1) is 25.2. The fourth-order valence-corrected chi connectivity index (χ4v) is 7.40. The maximum absolute atomic E-state index is 16.3. The molecule has 2 unspecified atom stereocenters. The number of hydrogen-bond acceptors (Lipinski definition) is 7. The Morgan fingerprint density at radius 2 is 1.77 bits per heavy atom. The molecular weight excluding hydrogens is 529 g/mol. The highest BCUT2D eigenvalue weighted by molar-refractivity contribution is 6.34. The van der Waals surface area contributed by atoms with E-state index in [9.17, 15) is 4.39 Å². The lowest BCUT2D eigenvalue weighted by atomic mass is 9.95. The van der Waals surface area contributed by atoms with Crippen LogP contribution >= 0.6 is 11.6 Å². The molecule has 39 heavy (non-hydrogen) atoms. The molecule has 0 amide bonds. The zero-order valence-electron chi connectivity index (χ0n) is 21.5. The Morgan fingerprint density at radius 3 is 2.49 bits per heavy atom. The van der Waals surface area contributed by atoms with Crippen LogP contribution in [0.15, 0.2) is 18.2 Å². The predicted molar refractivity (Wildman–Crippen MR) is 145 cm³/mol. The second-order valence-electron chi connectivity index (χ2n) is 11.3. The number of benzene rings is 2. The van der Waals surface area contributed by atoms with E-state index >= 15 is 8.78 Å². The first-order valence-electron chi connectivity index (χ1n) is 13.7. The third kappa shape index (κ3) is 4.10. The normalized spacial score (nSPS) is 24.1. The molecule has 5 heterocycles. The van der Waals surface area contributed by atoms with Crippen molar-refractivity contribution in [1.82, 2.24) is 20.2 Å². The number of anilines is 2. The summed E-state index contributed by atoms with van der Waals surface area (Å²) in [6.07, 6.45) is 6.48. The van der Waals surface area contributed by atoms with Crippen molar-refractivity contribution in [2.75, 3.05) is 43.4 Å². The minimum absolute atomic E-state index is 0.0187. The van der Waals surface area contributed by atoms with Gasteiger partial charge in [0, 0.05) is 41.7 Å². The molecule has 0 radical (unpaired) electrons. The Labute approximate surface area is 229 Å². The maximum atomic E-state index is 16.3. The summed E-state index contributed by atoms with van der Waals surface area (Å²) in [6.45, 7) is 3.96. The number of halogens is 4. The van der Waals surface area contributed by atoms with E-state index in [4.69, 9.17) is 27.1 Å². The van der Waals surface area contributed by atoms with Gasteiger partial charge >= 0.3 is 6.01 Å². The topological polar surface area (TPSA) is 79.5 Å². The summed E-state index contributed by atoms with van der Waals surface area (Å²) in [4.78, 5) is 13.9. The minimum Gasteiger partial charge on any atom is -0.461 e. The monoisotopic (exact) mass is 558 g/mol. The maximum Gasteiger partial charge on any atom is 0.319 e. The summed E-state index contributed by atoms with van der Waals surface area (Å²) in [5, 5.41) is 3.99. The molecule has 2 atom stereocenters. The van der Waals surface area contributed by atoms with Gasteiger partial charge in [-0.2, -0.15) is 9.97 Å². The molecule has 4 fully saturated rings. The lowest BCUT2D eigenvalue weighted by molar-refractivity contribution is 0.108. The fourth-order valence-electron chi connectivity index (χ4n) is 7.10. The van der Waals surface area contributed by atoms with Crippen LogP contribution in [0.4, 0.5) is 24.7 Å². The van der Waals surface area contributed by atoms with E-state index in [0.717, 1.165) is 63.7 Å². The molecule has 7 rings (SSSR count). The highest BCUT2D eigenvalue weighted by Gasteiger charge is 2.45. The van der Waals surface area contributed by atoms with E-state index in [1.165, 1.54) is 0 Å². The molecule has 3 N–H and O–H groups in total. The van der Waals surface area contributed by atoms with Crippen molar-refractivity contribution in [3.05, 3.63) is 40.7 Å². The number of hydrogen-bond donors (Lipinski definition) is 2. The zero-order chi connectivity index (χ0) is 26.9. The first-order chi connectivity index (χ1) is 18.8. The summed E-state index contributed by atoms with van der Waals surface area (Å²) < 4.78 is 51.4. The number of piperazine rings is 1. The van der Waals surface area contributed by atoms with Crippen molar-refractivity contribution in [1.29, 1.82) is 0 Å². The van der Waals surface area contributed by atoms with Crippen molar-refractivity contribution < 1.29 is 17.9 Å². The van der Waals surface area contributed by atoms with Gasteiger partial charge in [-0.15, -0.1) is 0 Å². The predicted octanol–water partition coefficient (Wildman–Crippen LogP) is 4.90. The Morgan fingerprint density at radius 1 is 1.05 bits per heavy atom. The summed E-state index contributed by atoms with van der Waals surface area (Å²) >= 11 is 6.57. The number of fused-ring (bicyclic) bond motifs is 4. The van der Waals surface area contributed by atoms with Gasteiger partial charge in [-0.3, -0.25) is 4.90 Å². The molecule has 0 aliphatic carbocycles. The van der Waals surface area contributed by atoms with Crippen LogP contribution in [0, 0.1) is 17.5 Å². The number of rotatable bonds is 5. The standard InChI is InChI=1S/C28H30ClF3N6O/c29-19-11-18-25(23(32)21(19)17-5-6-20(30)24(33)22(17)31)35-27(39-14-28-7-1-9-38(28)10-2-8-28)36-26(18)37-12-15-3-4-16(13-37)34-15/h5-6,11,15-16,34H,1-4,7-10,12-14,33H2. The fraction of sp³-hybridized carbons (Fsp3) is 0.500. The summed E-state index contributed by atoms with van der Waals surface area (Å²) in [6, 6.07) is 4.42. The van der Waals surface area contributed by atoms with Gasteiger partial charge in [0.15, 0.2) is 11.6 Å². The Kier molecular flexibility index (Phi) is 6.06. The van der Waals surface area contributed by atoms with Crippen molar-refractivity contribution in [2.24, 2.45) is 0 Å². The van der Waals surface area contributed by atoms with Gasteiger partial charge in [0.1, 0.15) is 29.4 Å². The molecule has 0 saturated carbocycles. The van der Waals surface area contributed by atoms with E-state index in [0.29, 0.717) is 43.0 Å². The number of aromatic nitrogens is 2. The second-order valence-corrected chi connectivity index (χ2v) is 11.8. The van der Waals surface area contributed by atoms with E-state index < -0.39 is 23.1 Å². The SMILES string of the molecule is Nc1c(F)ccc(-c2c(Cl)cc3c(N4CC5CCC(C4)N5)nc(OCC45CCCN4CCC5)nc3c2F)c1F. The lowest BCUT2D eigenvalue weighted by Gasteiger charge is -2.35. The van der Waals surface area contributed by atoms with E-state index in [2.05, 4.69) is 20.1 Å². The number of nitrogens with two attached hydrogens (primary N) is 1. The van der Waals surface area contributed by atoms with Gasteiger partial charge in [0.25, 0.3) is 0 Å². The number of nitrogens with one attached hydrogen (secondary N) is 1. The van der Waals surface area contributed by atoms with Gasteiger partial charge in [0.2, 0.25) is 0 Å². The molecule has 4 saturated heterocycles. The summed E-state index contributed by atoms with van der Waals surface area (Å²) in [7, 11) is 0. The first-order valence-corrected chi connectivity index (χ1v) is 14.0. The average molecular weight is 559 g/mol. The third-order valence-corrected chi connectivity index (χ3v) is 9.33. The van der Waals surface area contributed by atoms with Crippen molar-refractivity contribution in [3.8, 4) is 17.1 Å². The average Bonchev–Trinajstić information content (AvgIpc) is 3.61. The number of nitrogens with zero attached hydrogens (tertiary/aromatic N) is 4. The van der Waals surface area contributed by atoms with E-state index in [-0.39, 0.29) is 33.2 Å². The quantitative estimate of drug-likeness (QED) is 0.431. The molecule has 7 nitrogen and oxygen atoms in total. The number of ether oxygens (including phenoxy) is 1. The van der Waals surface area contributed by atoms with Gasteiger partial charge in [0.05, 0.1) is 10.6 Å². The summed E-state index contributed by atoms with van der Waals surface area (Å²) in [5.74, 6) is -2.27. The molecule has 1 aromatic heterocycles. The Hall–Kier alpha value is -2.82. The molecular formula is C28H30ClF3N6O. The molecule has 2 aromatic carbocycles. The zero-order valence-corrected chi connectivity index (χ0v) is 22.2.